The van der Waals surface area contributed by atoms with Crippen LogP contribution >= 0.6 is 15.9 Å². The summed E-state index contributed by atoms with van der Waals surface area (Å²) in [5, 5.41) is 12.2. The second-order valence-corrected chi connectivity index (χ2v) is 5.58. The highest BCUT2D eigenvalue weighted by atomic mass is 79.9. The maximum atomic E-state index is 13.4. The smallest absolute Gasteiger partial charge is 0.251 e. The Morgan fingerprint density at radius 2 is 2.11 bits per heavy atom. The Balaban J connectivity index is 2.13. The molecule has 0 radical (unpaired) electrons. The monoisotopic (exact) mass is 315 g/mol. The van der Waals surface area contributed by atoms with Crippen molar-refractivity contribution >= 4 is 21.8 Å². The van der Waals surface area contributed by atoms with Gasteiger partial charge >= 0.3 is 0 Å². The van der Waals surface area contributed by atoms with Crippen LogP contribution in [-0.2, 0) is 0 Å². The molecule has 2 N–H and O–H groups in total. The van der Waals surface area contributed by atoms with Crippen LogP contribution in [0, 0.1) is 5.82 Å². The Labute approximate surface area is 114 Å². The standard InChI is InChI=1S/C13H15BrFNO2/c14-10-4-3-9(7-11(10)15)12(18)16-13(8-17)5-1-2-6-13/h3-4,7,17H,1-2,5-6,8H2,(H,16,18). The fraction of sp³-hybridized carbons (Fsp3) is 0.462. The van der Waals surface area contributed by atoms with E-state index >= 15 is 0 Å². The summed E-state index contributed by atoms with van der Waals surface area (Å²) in [5.74, 6) is -0.801. The lowest BCUT2D eigenvalue weighted by Crippen LogP contribution is -2.49. The molecule has 0 saturated heterocycles. The van der Waals surface area contributed by atoms with Crippen molar-refractivity contribution in [2.45, 2.75) is 31.2 Å². The second kappa shape index (κ2) is 5.36. The first kappa shape index (κ1) is 13.5. The fourth-order valence-electron chi connectivity index (χ4n) is 2.32. The van der Waals surface area contributed by atoms with E-state index in [1.807, 2.05) is 0 Å². The van der Waals surface area contributed by atoms with E-state index in [0.29, 0.717) is 4.47 Å². The average Bonchev–Trinajstić information content (AvgIpc) is 2.82. The van der Waals surface area contributed by atoms with Gasteiger partial charge in [-0.05, 0) is 47.0 Å². The number of amides is 1. The van der Waals surface area contributed by atoms with Crippen molar-refractivity contribution in [3.63, 3.8) is 0 Å². The topological polar surface area (TPSA) is 49.3 Å². The van der Waals surface area contributed by atoms with E-state index in [4.69, 9.17) is 0 Å². The van der Waals surface area contributed by atoms with Crippen molar-refractivity contribution in [2.24, 2.45) is 0 Å². The predicted octanol–water partition coefficient (Wildman–Crippen LogP) is 2.62. The van der Waals surface area contributed by atoms with E-state index in [0.717, 1.165) is 25.7 Å². The van der Waals surface area contributed by atoms with Crippen LogP contribution in [0.5, 0.6) is 0 Å². The number of nitrogens with one attached hydrogen (secondary N) is 1. The molecule has 0 spiro atoms. The molecule has 1 aromatic carbocycles. The van der Waals surface area contributed by atoms with E-state index in [1.54, 1.807) is 6.07 Å². The third-order valence-corrected chi connectivity index (χ3v) is 4.07. The van der Waals surface area contributed by atoms with Gasteiger partial charge in [0.25, 0.3) is 5.91 Å². The molecular weight excluding hydrogens is 301 g/mol. The van der Waals surface area contributed by atoms with Crippen LogP contribution in [-0.4, -0.2) is 23.2 Å². The van der Waals surface area contributed by atoms with Crippen molar-refractivity contribution < 1.29 is 14.3 Å². The summed E-state index contributed by atoms with van der Waals surface area (Å²) in [6.07, 6.45) is 3.54. The molecule has 18 heavy (non-hydrogen) atoms. The number of hydrogen-bond donors (Lipinski definition) is 2. The Hall–Kier alpha value is -0.940. The van der Waals surface area contributed by atoms with Gasteiger partial charge in [-0.3, -0.25) is 4.79 Å². The minimum atomic E-state index is -0.527. The Morgan fingerprint density at radius 3 is 2.67 bits per heavy atom. The quantitative estimate of drug-likeness (QED) is 0.901. The number of carbonyl (C=O) groups excluding carboxylic acids is 1. The van der Waals surface area contributed by atoms with Gasteiger partial charge in [-0.1, -0.05) is 12.8 Å². The van der Waals surface area contributed by atoms with Crippen LogP contribution < -0.4 is 5.32 Å². The molecule has 2 rings (SSSR count). The minimum Gasteiger partial charge on any atom is -0.394 e. The molecule has 1 aliphatic carbocycles. The molecule has 5 heteroatoms. The van der Waals surface area contributed by atoms with E-state index in [2.05, 4.69) is 21.2 Å². The van der Waals surface area contributed by atoms with Gasteiger partial charge in [0.1, 0.15) is 5.82 Å². The molecule has 0 aliphatic heterocycles. The zero-order chi connectivity index (χ0) is 13.2. The SMILES string of the molecule is O=C(NC1(CO)CCCC1)c1ccc(Br)c(F)c1. The van der Waals surface area contributed by atoms with E-state index in [9.17, 15) is 14.3 Å². The van der Waals surface area contributed by atoms with Crippen LogP contribution in [0.3, 0.4) is 0 Å². The number of carbonyl (C=O) groups is 1. The highest BCUT2D eigenvalue weighted by Gasteiger charge is 2.34. The molecule has 0 unspecified atom stereocenters. The molecule has 1 aromatic rings. The van der Waals surface area contributed by atoms with Crippen LogP contribution in [0.15, 0.2) is 22.7 Å². The van der Waals surface area contributed by atoms with Crippen molar-refractivity contribution in [1.82, 2.24) is 5.32 Å². The number of aliphatic hydroxyl groups excluding tert-OH is 1. The van der Waals surface area contributed by atoms with Crippen molar-refractivity contribution in [3.05, 3.63) is 34.1 Å². The van der Waals surface area contributed by atoms with Crippen LogP contribution in [0.4, 0.5) is 4.39 Å². The number of aliphatic hydroxyl groups is 1. The summed E-state index contributed by atoms with van der Waals surface area (Å²) in [6, 6.07) is 4.26. The van der Waals surface area contributed by atoms with Gasteiger partial charge in [0.05, 0.1) is 16.6 Å². The number of benzene rings is 1. The van der Waals surface area contributed by atoms with Crippen molar-refractivity contribution in [1.29, 1.82) is 0 Å². The van der Waals surface area contributed by atoms with Gasteiger partial charge in [0, 0.05) is 5.56 Å². The number of rotatable bonds is 3. The maximum absolute atomic E-state index is 13.4. The van der Waals surface area contributed by atoms with Crippen LogP contribution in [0.25, 0.3) is 0 Å². The first-order valence-electron chi connectivity index (χ1n) is 5.95. The van der Waals surface area contributed by atoms with Gasteiger partial charge in [-0.2, -0.15) is 0 Å². The molecule has 0 aromatic heterocycles. The molecule has 1 aliphatic rings. The summed E-state index contributed by atoms with van der Waals surface area (Å²) in [7, 11) is 0. The number of hydrogen-bond acceptors (Lipinski definition) is 2. The summed E-state index contributed by atoms with van der Waals surface area (Å²) < 4.78 is 13.7. The lowest BCUT2D eigenvalue weighted by atomic mass is 9.98. The molecule has 0 atom stereocenters. The minimum absolute atomic E-state index is 0.0717. The Morgan fingerprint density at radius 1 is 1.44 bits per heavy atom. The summed E-state index contributed by atoms with van der Waals surface area (Å²) in [4.78, 5) is 12.0. The lowest BCUT2D eigenvalue weighted by Gasteiger charge is -2.28. The van der Waals surface area contributed by atoms with E-state index in [-0.39, 0.29) is 18.1 Å². The maximum Gasteiger partial charge on any atom is 0.251 e. The molecule has 3 nitrogen and oxygen atoms in total. The molecule has 1 fully saturated rings. The molecule has 98 valence electrons. The zero-order valence-electron chi connectivity index (χ0n) is 9.88. The van der Waals surface area contributed by atoms with Crippen LogP contribution in [0.2, 0.25) is 0 Å². The third kappa shape index (κ3) is 2.72. The van der Waals surface area contributed by atoms with Gasteiger partial charge < -0.3 is 10.4 Å². The molecule has 1 amide bonds. The van der Waals surface area contributed by atoms with Gasteiger partial charge in [0.15, 0.2) is 0 Å². The highest BCUT2D eigenvalue weighted by molar-refractivity contribution is 9.10. The first-order valence-corrected chi connectivity index (χ1v) is 6.74. The summed E-state index contributed by atoms with van der Waals surface area (Å²) in [6.45, 7) is -0.0717. The Bertz CT molecular complexity index is 458. The van der Waals surface area contributed by atoms with Gasteiger partial charge in [-0.15, -0.1) is 0 Å². The normalized spacial score (nSPS) is 17.7. The highest BCUT2D eigenvalue weighted by Crippen LogP contribution is 2.29. The summed E-state index contributed by atoms with van der Waals surface area (Å²) >= 11 is 3.04. The molecule has 0 bridgehead atoms. The second-order valence-electron chi connectivity index (χ2n) is 4.73. The molecule has 1 saturated carbocycles. The third-order valence-electron chi connectivity index (χ3n) is 3.42. The largest absolute Gasteiger partial charge is 0.394 e. The zero-order valence-corrected chi connectivity index (χ0v) is 11.5. The first-order chi connectivity index (χ1) is 8.56. The lowest BCUT2D eigenvalue weighted by molar-refractivity contribution is 0.0838. The Kier molecular flexibility index (Phi) is 4.02. The van der Waals surface area contributed by atoms with Gasteiger partial charge in [0.2, 0.25) is 0 Å². The average molecular weight is 316 g/mol. The summed E-state index contributed by atoms with van der Waals surface area (Å²) in [5.41, 5.74) is -0.254. The van der Waals surface area contributed by atoms with E-state index in [1.165, 1.54) is 12.1 Å². The van der Waals surface area contributed by atoms with Crippen molar-refractivity contribution in [3.8, 4) is 0 Å². The molecular formula is C13H15BrFNO2. The van der Waals surface area contributed by atoms with Crippen molar-refractivity contribution in [2.75, 3.05) is 6.61 Å². The van der Waals surface area contributed by atoms with E-state index < -0.39 is 11.4 Å². The fourth-order valence-corrected chi connectivity index (χ4v) is 2.57. The molecule has 0 heterocycles. The van der Waals surface area contributed by atoms with Gasteiger partial charge in [-0.25, -0.2) is 4.39 Å². The van der Waals surface area contributed by atoms with Crippen LogP contribution in [0.1, 0.15) is 36.0 Å². The number of halogens is 2. The predicted molar refractivity (Wildman–Crippen MR) is 69.9 cm³/mol.